The Labute approximate surface area is 142 Å². The molecule has 2 N–H and O–H groups in total. The number of benzene rings is 2. The van der Waals surface area contributed by atoms with Gasteiger partial charge in [0.05, 0.1) is 0 Å². The smallest absolute Gasteiger partial charge is 0.221 e. The summed E-state index contributed by atoms with van der Waals surface area (Å²) in [7, 11) is 0. The highest BCUT2D eigenvalue weighted by Crippen LogP contribution is 2.26. The van der Waals surface area contributed by atoms with Gasteiger partial charge in [-0.2, -0.15) is 0 Å². The minimum absolute atomic E-state index is 0.0446. The molecule has 0 fully saturated rings. The van der Waals surface area contributed by atoms with Crippen molar-refractivity contribution in [3.63, 3.8) is 0 Å². The number of amides is 2. The first-order valence-corrected chi connectivity index (χ1v) is 8.30. The van der Waals surface area contributed by atoms with E-state index in [2.05, 4.69) is 47.0 Å². The number of hydrogen-bond acceptors (Lipinski definition) is 2. The molecule has 2 aromatic rings. The molecule has 0 saturated heterocycles. The molecule has 4 aliphatic rings. The largest absolute Gasteiger partial charge is 0.326 e. The maximum absolute atomic E-state index is 11.5. The summed E-state index contributed by atoms with van der Waals surface area (Å²) in [6.45, 7) is 3.08. The molecule has 24 heavy (non-hydrogen) atoms. The average molecular weight is 322 g/mol. The maximum Gasteiger partial charge on any atom is 0.221 e. The average Bonchev–Trinajstić information content (AvgIpc) is 2.50. The van der Waals surface area contributed by atoms with E-state index < -0.39 is 0 Å². The Kier molecular flexibility index (Phi) is 4.65. The molecule has 0 unspecified atom stereocenters. The van der Waals surface area contributed by atoms with Crippen LogP contribution in [-0.4, -0.2) is 11.8 Å². The SMILES string of the molecule is CC(=O)Nc1cc2ccc1CCc1ccc(c(NC(C)=O)c1)CC2. The highest BCUT2D eigenvalue weighted by atomic mass is 16.2. The number of aryl methyl sites for hydroxylation is 4. The van der Waals surface area contributed by atoms with Gasteiger partial charge in [0.2, 0.25) is 11.8 Å². The van der Waals surface area contributed by atoms with Crippen LogP contribution >= 0.6 is 0 Å². The van der Waals surface area contributed by atoms with E-state index in [4.69, 9.17) is 0 Å². The second-order valence-corrected chi connectivity index (χ2v) is 6.35. The first-order chi connectivity index (χ1) is 11.5. The zero-order valence-corrected chi connectivity index (χ0v) is 14.1. The van der Waals surface area contributed by atoms with Crippen LogP contribution in [0.3, 0.4) is 0 Å². The van der Waals surface area contributed by atoms with Crippen molar-refractivity contribution in [3.8, 4) is 0 Å². The van der Waals surface area contributed by atoms with Crippen LogP contribution in [0, 0.1) is 0 Å². The Morgan fingerprint density at radius 3 is 1.50 bits per heavy atom. The Balaban J connectivity index is 1.96. The molecular weight excluding hydrogens is 300 g/mol. The van der Waals surface area contributed by atoms with Crippen molar-refractivity contribution in [1.82, 2.24) is 0 Å². The van der Waals surface area contributed by atoms with Crippen molar-refractivity contribution in [1.29, 1.82) is 0 Å². The summed E-state index contributed by atoms with van der Waals surface area (Å²) >= 11 is 0. The fourth-order valence-corrected chi connectivity index (χ4v) is 3.16. The Hall–Kier alpha value is -2.62. The molecule has 0 aliphatic heterocycles. The van der Waals surface area contributed by atoms with Crippen molar-refractivity contribution in [2.45, 2.75) is 39.5 Å². The van der Waals surface area contributed by atoms with Gasteiger partial charge in [-0.15, -0.1) is 0 Å². The van der Waals surface area contributed by atoms with Crippen LogP contribution in [0.1, 0.15) is 36.1 Å². The third-order valence-electron chi connectivity index (χ3n) is 4.34. The van der Waals surface area contributed by atoms with E-state index >= 15 is 0 Å². The van der Waals surface area contributed by atoms with E-state index in [1.54, 1.807) is 0 Å². The molecule has 4 aliphatic carbocycles. The lowest BCUT2D eigenvalue weighted by molar-refractivity contribution is -0.115. The summed E-state index contributed by atoms with van der Waals surface area (Å²) in [6.07, 6.45) is 3.40. The van der Waals surface area contributed by atoms with Crippen LogP contribution in [0.4, 0.5) is 11.4 Å². The molecule has 0 atom stereocenters. The molecule has 4 nitrogen and oxygen atoms in total. The Morgan fingerprint density at radius 1 is 0.708 bits per heavy atom. The van der Waals surface area contributed by atoms with Gasteiger partial charge in [-0.1, -0.05) is 24.3 Å². The molecule has 6 rings (SSSR count). The van der Waals surface area contributed by atoms with E-state index in [9.17, 15) is 9.59 Å². The summed E-state index contributed by atoms with van der Waals surface area (Å²) in [5.41, 5.74) is 6.47. The fraction of sp³-hybridized carbons (Fsp3) is 0.300. The molecule has 124 valence electrons. The summed E-state index contributed by atoms with van der Waals surface area (Å²) in [5, 5.41) is 5.90. The molecule has 0 heterocycles. The van der Waals surface area contributed by atoms with E-state index in [-0.39, 0.29) is 11.8 Å². The predicted octanol–water partition coefficient (Wildman–Crippen LogP) is 3.49. The van der Waals surface area contributed by atoms with E-state index in [1.807, 2.05) is 0 Å². The zero-order valence-electron chi connectivity index (χ0n) is 14.1. The highest BCUT2D eigenvalue weighted by molar-refractivity contribution is 5.90. The summed E-state index contributed by atoms with van der Waals surface area (Å²) in [4.78, 5) is 22.9. The van der Waals surface area contributed by atoms with Gasteiger partial charge in [0.15, 0.2) is 0 Å². The van der Waals surface area contributed by atoms with Gasteiger partial charge < -0.3 is 10.6 Å². The van der Waals surface area contributed by atoms with Crippen LogP contribution in [0.2, 0.25) is 0 Å². The maximum atomic E-state index is 11.5. The highest BCUT2D eigenvalue weighted by Gasteiger charge is 2.11. The summed E-state index contributed by atoms with van der Waals surface area (Å²) in [6, 6.07) is 12.6. The summed E-state index contributed by atoms with van der Waals surface area (Å²) < 4.78 is 0. The van der Waals surface area contributed by atoms with Crippen LogP contribution in [-0.2, 0) is 35.3 Å². The molecule has 4 bridgehead atoms. The van der Waals surface area contributed by atoms with Crippen LogP contribution in [0.15, 0.2) is 36.4 Å². The van der Waals surface area contributed by atoms with Gasteiger partial charge in [-0.05, 0) is 60.1 Å². The topological polar surface area (TPSA) is 58.2 Å². The van der Waals surface area contributed by atoms with Crippen LogP contribution < -0.4 is 10.6 Å². The molecule has 0 saturated carbocycles. The number of carbonyl (C=O) groups excluding carboxylic acids is 2. The van der Waals surface area contributed by atoms with Gasteiger partial charge in [0.25, 0.3) is 0 Å². The molecular formula is C20H22N2O2. The third kappa shape index (κ3) is 3.82. The lowest BCUT2D eigenvalue weighted by Gasteiger charge is -2.17. The van der Waals surface area contributed by atoms with Crippen LogP contribution in [0.5, 0.6) is 0 Å². The van der Waals surface area contributed by atoms with Crippen molar-refractivity contribution >= 4 is 23.2 Å². The molecule has 2 amide bonds. The summed E-state index contributed by atoms with van der Waals surface area (Å²) in [5.74, 6) is -0.0893. The van der Waals surface area contributed by atoms with Crippen molar-refractivity contribution in [2.75, 3.05) is 10.6 Å². The minimum Gasteiger partial charge on any atom is -0.326 e. The van der Waals surface area contributed by atoms with Gasteiger partial charge in [0, 0.05) is 25.2 Å². The van der Waals surface area contributed by atoms with Crippen LogP contribution in [0.25, 0.3) is 0 Å². The minimum atomic E-state index is -0.0446. The monoisotopic (exact) mass is 322 g/mol. The normalized spacial score (nSPS) is 13.1. The van der Waals surface area contributed by atoms with Crippen molar-refractivity contribution < 1.29 is 9.59 Å². The molecule has 0 spiro atoms. The van der Waals surface area contributed by atoms with E-state index in [0.29, 0.717) is 0 Å². The Morgan fingerprint density at radius 2 is 1.12 bits per heavy atom. The number of carbonyl (C=O) groups is 2. The number of anilines is 2. The van der Waals surface area contributed by atoms with Crippen molar-refractivity contribution in [3.05, 3.63) is 58.7 Å². The Bertz CT molecular complexity index is 729. The second-order valence-electron chi connectivity index (χ2n) is 6.35. The first-order valence-electron chi connectivity index (χ1n) is 8.30. The predicted molar refractivity (Wildman–Crippen MR) is 96.3 cm³/mol. The van der Waals surface area contributed by atoms with Gasteiger partial charge >= 0.3 is 0 Å². The molecule has 0 aromatic heterocycles. The molecule has 4 heteroatoms. The number of nitrogens with one attached hydrogen (secondary N) is 2. The van der Waals surface area contributed by atoms with Gasteiger partial charge in [-0.3, -0.25) is 9.59 Å². The first kappa shape index (κ1) is 16.2. The third-order valence-corrected chi connectivity index (χ3v) is 4.34. The second kappa shape index (κ2) is 6.87. The molecule has 0 radical (unpaired) electrons. The lowest BCUT2D eigenvalue weighted by Crippen LogP contribution is -2.11. The standard InChI is InChI=1S/C20H22N2O2/c1-13(23)21-19-11-15-3-7-17(19)9-5-16-4-8-18(10-6-15)20(12-16)22-14(2)24/h3-4,7-8,11-12H,5-6,9-10H2,1-2H3,(H,21,23)(H,22,24). The van der Waals surface area contributed by atoms with E-state index in [0.717, 1.165) is 48.2 Å². The lowest BCUT2D eigenvalue weighted by atomic mass is 9.94. The fourth-order valence-electron chi connectivity index (χ4n) is 3.16. The van der Waals surface area contributed by atoms with Crippen molar-refractivity contribution in [2.24, 2.45) is 0 Å². The quantitative estimate of drug-likeness (QED) is 0.889. The zero-order chi connectivity index (χ0) is 17.1. The number of rotatable bonds is 2. The van der Waals surface area contributed by atoms with Gasteiger partial charge in [0.1, 0.15) is 0 Å². The molecule has 2 aromatic carbocycles. The number of hydrogen-bond donors (Lipinski definition) is 2. The van der Waals surface area contributed by atoms with E-state index in [1.165, 1.54) is 25.0 Å². The van der Waals surface area contributed by atoms with Gasteiger partial charge in [-0.25, -0.2) is 0 Å².